The van der Waals surface area contributed by atoms with Crippen molar-refractivity contribution in [3.63, 3.8) is 0 Å². The van der Waals surface area contributed by atoms with E-state index in [-0.39, 0.29) is 46.8 Å². The fourth-order valence-corrected chi connectivity index (χ4v) is 3.30. The molecule has 0 bridgehead atoms. The van der Waals surface area contributed by atoms with Gasteiger partial charge in [-0.15, -0.1) is 0 Å². The van der Waals surface area contributed by atoms with E-state index in [1.54, 1.807) is 13.1 Å². The fourth-order valence-electron chi connectivity index (χ4n) is 3.30. The summed E-state index contributed by atoms with van der Waals surface area (Å²) in [6, 6.07) is 9.90. The standard InChI is InChI=1S/C22H25N3O4/c1-4-5-10-24(3)22(29)16-11-15(18(26)12-19(16)27)21-23-13-20(28)25(21)17-9-7-6-8-14(17)2/h6-9,11-12,26-27H,4-5,10,13H2,1-3H3. The van der Waals surface area contributed by atoms with E-state index in [2.05, 4.69) is 4.99 Å². The largest absolute Gasteiger partial charge is 0.507 e. The summed E-state index contributed by atoms with van der Waals surface area (Å²) in [7, 11) is 1.67. The predicted octanol–water partition coefficient (Wildman–Crippen LogP) is 3.07. The van der Waals surface area contributed by atoms with Gasteiger partial charge in [-0.25, -0.2) is 0 Å². The van der Waals surface area contributed by atoms with Gasteiger partial charge in [0.05, 0.1) is 16.8 Å². The molecule has 0 atom stereocenters. The zero-order valence-corrected chi connectivity index (χ0v) is 16.8. The van der Waals surface area contributed by atoms with Gasteiger partial charge in [-0.3, -0.25) is 19.5 Å². The summed E-state index contributed by atoms with van der Waals surface area (Å²) >= 11 is 0. The molecule has 0 unspecified atom stereocenters. The first-order valence-electron chi connectivity index (χ1n) is 9.60. The number of anilines is 1. The lowest BCUT2D eigenvalue weighted by Crippen LogP contribution is -2.34. The van der Waals surface area contributed by atoms with Crippen molar-refractivity contribution in [2.24, 2.45) is 4.99 Å². The molecule has 1 aliphatic heterocycles. The third kappa shape index (κ3) is 3.94. The number of phenolic OH excluding ortho intramolecular Hbond substituents is 2. The molecule has 152 valence electrons. The van der Waals surface area contributed by atoms with Crippen LogP contribution in [0.4, 0.5) is 5.69 Å². The number of nitrogens with zero attached hydrogens (tertiary/aromatic N) is 3. The van der Waals surface area contributed by atoms with Gasteiger partial charge in [0, 0.05) is 19.7 Å². The first-order valence-corrected chi connectivity index (χ1v) is 9.60. The Bertz CT molecular complexity index is 984. The zero-order chi connectivity index (χ0) is 21.1. The van der Waals surface area contributed by atoms with Crippen LogP contribution in [0.1, 0.15) is 41.3 Å². The highest BCUT2D eigenvalue weighted by atomic mass is 16.3. The Hall–Kier alpha value is -3.35. The van der Waals surface area contributed by atoms with Crippen molar-refractivity contribution in [2.45, 2.75) is 26.7 Å². The third-order valence-corrected chi connectivity index (χ3v) is 4.96. The lowest BCUT2D eigenvalue weighted by atomic mass is 10.0. The molecule has 2 aromatic carbocycles. The molecule has 0 radical (unpaired) electrons. The molecular weight excluding hydrogens is 370 g/mol. The number of para-hydroxylation sites is 1. The van der Waals surface area contributed by atoms with Crippen molar-refractivity contribution in [1.82, 2.24) is 4.90 Å². The molecule has 1 heterocycles. The van der Waals surface area contributed by atoms with Crippen molar-refractivity contribution in [2.75, 3.05) is 25.0 Å². The predicted molar refractivity (Wildman–Crippen MR) is 112 cm³/mol. The number of hydrogen-bond donors (Lipinski definition) is 2. The van der Waals surface area contributed by atoms with E-state index < -0.39 is 0 Å². The van der Waals surface area contributed by atoms with Gasteiger partial charge in [0.2, 0.25) is 0 Å². The SMILES string of the molecule is CCCCN(C)C(=O)c1cc(C2=NCC(=O)N2c2ccccc2C)c(O)cc1O. The number of aliphatic imine (C=N–C) groups is 1. The Morgan fingerprint density at radius 3 is 2.62 bits per heavy atom. The highest BCUT2D eigenvalue weighted by Crippen LogP contribution is 2.33. The summed E-state index contributed by atoms with van der Waals surface area (Å²) in [6.07, 6.45) is 1.78. The van der Waals surface area contributed by atoms with E-state index in [1.165, 1.54) is 15.9 Å². The highest BCUT2D eigenvalue weighted by molar-refractivity contribution is 6.28. The van der Waals surface area contributed by atoms with Crippen LogP contribution in [0, 0.1) is 6.92 Å². The summed E-state index contributed by atoms with van der Waals surface area (Å²) in [5.41, 5.74) is 1.82. The van der Waals surface area contributed by atoms with Gasteiger partial charge in [-0.05, 0) is 31.0 Å². The number of hydrogen-bond acceptors (Lipinski definition) is 5. The van der Waals surface area contributed by atoms with Crippen LogP contribution in [0.3, 0.4) is 0 Å². The highest BCUT2D eigenvalue weighted by Gasteiger charge is 2.32. The Morgan fingerprint density at radius 1 is 1.21 bits per heavy atom. The number of carbonyl (C=O) groups is 2. The van der Waals surface area contributed by atoms with E-state index in [9.17, 15) is 19.8 Å². The van der Waals surface area contributed by atoms with Gasteiger partial charge in [0.15, 0.2) is 0 Å². The lowest BCUT2D eigenvalue weighted by molar-refractivity contribution is -0.115. The molecule has 0 spiro atoms. The molecule has 0 aromatic heterocycles. The molecule has 2 aromatic rings. The van der Waals surface area contributed by atoms with Gasteiger partial charge in [-0.1, -0.05) is 31.5 Å². The Balaban J connectivity index is 2.03. The number of carbonyl (C=O) groups excluding carboxylic acids is 2. The molecule has 29 heavy (non-hydrogen) atoms. The maximum atomic E-state index is 12.8. The first-order chi connectivity index (χ1) is 13.8. The van der Waals surface area contributed by atoms with Crippen molar-refractivity contribution >= 4 is 23.3 Å². The number of rotatable bonds is 6. The second kappa shape index (κ2) is 8.34. The second-order valence-corrected chi connectivity index (χ2v) is 7.12. The van der Waals surface area contributed by atoms with E-state index in [0.29, 0.717) is 12.2 Å². The van der Waals surface area contributed by atoms with Crippen molar-refractivity contribution in [1.29, 1.82) is 0 Å². The molecule has 7 nitrogen and oxygen atoms in total. The molecule has 2 amide bonds. The van der Waals surface area contributed by atoms with Crippen LogP contribution in [0.25, 0.3) is 0 Å². The maximum Gasteiger partial charge on any atom is 0.257 e. The Kier molecular flexibility index (Phi) is 5.87. The van der Waals surface area contributed by atoms with E-state index in [0.717, 1.165) is 24.5 Å². The number of benzene rings is 2. The molecule has 0 saturated heterocycles. The van der Waals surface area contributed by atoms with Crippen LogP contribution in [-0.2, 0) is 4.79 Å². The Labute approximate surface area is 169 Å². The summed E-state index contributed by atoms with van der Waals surface area (Å²) < 4.78 is 0. The van der Waals surface area contributed by atoms with Crippen LogP contribution in [0.2, 0.25) is 0 Å². The molecular formula is C22H25N3O4. The summed E-state index contributed by atoms with van der Waals surface area (Å²) in [5, 5.41) is 20.7. The minimum Gasteiger partial charge on any atom is -0.507 e. The van der Waals surface area contributed by atoms with Gasteiger partial charge < -0.3 is 15.1 Å². The number of aromatic hydroxyl groups is 2. The second-order valence-electron chi connectivity index (χ2n) is 7.12. The molecule has 0 aliphatic carbocycles. The van der Waals surface area contributed by atoms with Crippen LogP contribution in [0.5, 0.6) is 11.5 Å². The smallest absolute Gasteiger partial charge is 0.257 e. The summed E-state index contributed by atoms with van der Waals surface area (Å²) in [4.78, 5) is 32.6. The Morgan fingerprint density at radius 2 is 1.93 bits per heavy atom. The summed E-state index contributed by atoms with van der Waals surface area (Å²) in [5.74, 6) is -0.888. The van der Waals surface area contributed by atoms with E-state index in [4.69, 9.17) is 0 Å². The van der Waals surface area contributed by atoms with Gasteiger partial charge in [0.25, 0.3) is 11.8 Å². The van der Waals surface area contributed by atoms with Crippen LogP contribution in [0.15, 0.2) is 41.4 Å². The molecule has 3 rings (SSSR count). The quantitative estimate of drug-likeness (QED) is 0.786. The average Bonchev–Trinajstić information content (AvgIpc) is 3.07. The fraction of sp³-hybridized carbons (Fsp3) is 0.318. The minimum absolute atomic E-state index is 0.0519. The summed E-state index contributed by atoms with van der Waals surface area (Å²) in [6.45, 7) is 4.42. The maximum absolute atomic E-state index is 12.8. The van der Waals surface area contributed by atoms with Gasteiger partial charge >= 0.3 is 0 Å². The molecule has 0 saturated carbocycles. The number of amidine groups is 1. The lowest BCUT2D eigenvalue weighted by Gasteiger charge is -2.22. The normalized spacial score (nSPS) is 13.6. The third-order valence-electron chi connectivity index (χ3n) is 4.96. The minimum atomic E-state index is -0.357. The average molecular weight is 395 g/mol. The topological polar surface area (TPSA) is 93.4 Å². The molecule has 1 aliphatic rings. The van der Waals surface area contributed by atoms with Crippen LogP contribution in [-0.4, -0.2) is 52.9 Å². The van der Waals surface area contributed by atoms with Gasteiger partial charge in [0.1, 0.15) is 23.9 Å². The van der Waals surface area contributed by atoms with Crippen molar-refractivity contribution in [3.05, 3.63) is 53.1 Å². The van der Waals surface area contributed by atoms with Crippen LogP contribution < -0.4 is 4.90 Å². The van der Waals surface area contributed by atoms with Crippen LogP contribution >= 0.6 is 0 Å². The monoisotopic (exact) mass is 395 g/mol. The van der Waals surface area contributed by atoms with Gasteiger partial charge in [-0.2, -0.15) is 0 Å². The van der Waals surface area contributed by atoms with Crippen molar-refractivity contribution in [3.8, 4) is 11.5 Å². The van der Waals surface area contributed by atoms with Crippen molar-refractivity contribution < 1.29 is 19.8 Å². The van der Waals surface area contributed by atoms with E-state index in [1.807, 2.05) is 32.0 Å². The first kappa shape index (κ1) is 20.4. The number of unbranched alkanes of at least 4 members (excludes halogenated alkanes) is 1. The number of amides is 2. The number of phenols is 2. The molecule has 7 heteroatoms. The number of aryl methyl sites for hydroxylation is 1. The zero-order valence-electron chi connectivity index (χ0n) is 16.8. The molecule has 2 N–H and O–H groups in total. The van der Waals surface area contributed by atoms with E-state index >= 15 is 0 Å². The molecule has 0 fully saturated rings.